The van der Waals surface area contributed by atoms with Crippen molar-refractivity contribution in [3.05, 3.63) is 24.0 Å². The van der Waals surface area contributed by atoms with E-state index in [1.165, 1.54) is 12.3 Å². The summed E-state index contributed by atoms with van der Waals surface area (Å²) < 4.78 is 4.92. The van der Waals surface area contributed by atoms with Crippen LogP contribution in [0.1, 0.15) is 17.4 Å². The number of aliphatic hydroxyl groups is 1. The van der Waals surface area contributed by atoms with E-state index in [0.29, 0.717) is 5.69 Å². The van der Waals surface area contributed by atoms with Crippen LogP contribution in [-0.4, -0.2) is 29.3 Å². The van der Waals surface area contributed by atoms with E-state index in [0.717, 1.165) is 0 Å². The van der Waals surface area contributed by atoms with Crippen molar-refractivity contribution >= 4 is 11.7 Å². The first-order valence-electron chi connectivity index (χ1n) is 4.63. The van der Waals surface area contributed by atoms with E-state index >= 15 is 0 Å². The minimum absolute atomic E-state index is 0.0115. The third-order valence-electron chi connectivity index (χ3n) is 1.81. The molecule has 0 aromatic carbocycles. The maximum atomic E-state index is 11.4. The zero-order valence-corrected chi connectivity index (χ0v) is 8.51. The lowest BCUT2D eigenvalue weighted by atomic mass is 10.2. The number of nitrogen functional groups attached to an aromatic ring is 1. The van der Waals surface area contributed by atoms with Crippen molar-refractivity contribution in [1.82, 2.24) is 4.98 Å². The van der Waals surface area contributed by atoms with Gasteiger partial charge in [-0.05, 0) is 12.1 Å². The molecule has 5 heteroatoms. The second-order valence-corrected chi connectivity index (χ2v) is 3.36. The molecule has 0 fully saturated rings. The maximum absolute atomic E-state index is 11.4. The van der Waals surface area contributed by atoms with Crippen LogP contribution in [0, 0.1) is 5.92 Å². The van der Waals surface area contributed by atoms with Gasteiger partial charge in [0.1, 0.15) is 5.69 Å². The minimum atomic E-state index is -0.504. The van der Waals surface area contributed by atoms with Crippen molar-refractivity contribution in [2.45, 2.75) is 6.92 Å². The SMILES string of the molecule is CC(CO)COC(=O)c1ccc(N)cn1. The molecule has 0 bridgehead atoms. The zero-order valence-electron chi connectivity index (χ0n) is 8.51. The molecule has 0 amide bonds. The Labute approximate surface area is 87.9 Å². The highest BCUT2D eigenvalue weighted by Crippen LogP contribution is 2.04. The maximum Gasteiger partial charge on any atom is 0.356 e. The fourth-order valence-corrected chi connectivity index (χ4v) is 0.871. The quantitative estimate of drug-likeness (QED) is 0.705. The molecule has 0 saturated carbocycles. The van der Waals surface area contributed by atoms with E-state index < -0.39 is 5.97 Å². The van der Waals surface area contributed by atoms with E-state index in [-0.39, 0.29) is 24.8 Å². The molecule has 1 heterocycles. The molecule has 82 valence electrons. The number of anilines is 1. The van der Waals surface area contributed by atoms with E-state index in [1.54, 1.807) is 13.0 Å². The second-order valence-electron chi connectivity index (χ2n) is 3.36. The van der Waals surface area contributed by atoms with E-state index in [1.807, 2.05) is 0 Å². The highest BCUT2D eigenvalue weighted by molar-refractivity contribution is 5.87. The molecular formula is C10H14N2O3. The van der Waals surface area contributed by atoms with Crippen LogP contribution in [0.2, 0.25) is 0 Å². The summed E-state index contributed by atoms with van der Waals surface area (Å²) >= 11 is 0. The van der Waals surface area contributed by atoms with Gasteiger partial charge in [0, 0.05) is 12.5 Å². The molecule has 0 radical (unpaired) electrons. The van der Waals surface area contributed by atoms with Gasteiger partial charge in [-0.2, -0.15) is 0 Å². The van der Waals surface area contributed by atoms with Gasteiger partial charge in [-0.25, -0.2) is 9.78 Å². The zero-order chi connectivity index (χ0) is 11.3. The number of carbonyl (C=O) groups is 1. The number of aliphatic hydroxyl groups excluding tert-OH is 1. The number of ether oxygens (including phenoxy) is 1. The number of nitrogens with two attached hydrogens (primary N) is 1. The molecule has 0 aliphatic heterocycles. The Balaban J connectivity index is 2.50. The number of carbonyl (C=O) groups excluding carboxylic acids is 1. The first kappa shape index (κ1) is 11.5. The summed E-state index contributed by atoms with van der Waals surface area (Å²) in [5, 5.41) is 8.73. The van der Waals surface area contributed by atoms with Gasteiger partial charge in [0.05, 0.1) is 18.5 Å². The lowest BCUT2D eigenvalue weighted by molar-refractivity contribution is 0.0398. The summed E-state index contributed by atoms with van der Waals surface area (Å²) in [5.41, 5.74) is 6.14. The fourth-order valence-electron chi connectivity index (χ4n) is 0.871. The summed E-state index contributed by atoms with van der Waals surface area (Å²) in [6, 6.07) is 3.08. The van der Waals surface area contributed by atoms with Crippen LogP contribution in [0.15, 0.2) is 18.3 Å². The van der Waals surface area contributed by atoms with Crippen LogP contribution in [0.25, 0.3) is 0 Å². The van der Waals surface area contributed by atoms with Gasteiger partial charge < -0.3 is 15.6 Å². The average molecular weight is 210 g/mol. The number of nitrogens with zero attached hydrogens (tertiary/aromatic N) is 1. The molecule has 0 saturated heterocycles. The van der Waals surface area contributed by atoms with Crippen molar-refractivity contribution in [3.63, 3.8) is 0 Å². The summed E-state index contributed by atoms with van der Waals surface area (Å²) in [6.45, 7) is 1.95. The van der Waals surface area contributed by atoms with Crippen LogP contribution in [0.3, 0.4) is 0 Å². The third kappa shape index (κ3) is 3.55. The van der Waals surface area contributed by atoms with Crippen molar-refractivity contribution in [3.8, 4) is 0 Å². The highest BCUT2D eigenvalue weighted by atomic mass is 16.5. The molecule has 0 spiro atoms. The van der Waals surface area contributed by atoms with Gasteiger partial charge in [0.2, 0.25) is 0 Å². The van der Waals surface area contributed by atoms with Gasteiger partial charge in [-0.1, -0.05) is 6.92 Å². The van der Waals surface area contributed by atoms with Crippen LogP contribution in [0.4, 0.5) is 5.69 Å². The molecule has 1 rings (SSSR count). The number of aromatic nitrogens is 1. The van der Waals surface area contributed by atoms with Gasteiger partial charge in [0.15, 0.2) is 0 Å². The van der Waals surface area contributed by atoms with Crippen molar-refractivity contribution in [2.75, 3.05) is 18.9 Å². The summed E-state index contributed by atoms with van der Waals surface area (Å²) in [5.74, 6) is -0.571. The van der Waals surface area contributed by atoms with Gasteiger partial charge in [0.25, 0.3) is 0 Å². The Morgan fingerprint density at radius 3 is 2.93 bits per heavy atom. The molecule has 1 aromatic heterocycles. The monoisotopic (exact) mass is 210 g/mol. The van der Waals surface area contributed by atoms with Crippen molar-refractivity contribution in [2.24, 2.45) is 5.92 Å². The largest absolute Gasteiger partial charge is 0.461 e. The predicted octanol–water partition coefficient (Wildman–Crippen LogP) is 0.449. The Bertz CT molecular complexity index is 324. The molecule has 0 aliphatic rings. The van der Waals surface area contributed by atoms with E-state index in [2.05, 4.69) is 4.98 Å². The summed E-state index contributed by atoms with van der Waals surface area (Å²) in [4.78, 5) is 15.2. The van der Waals surface area contributed by atoms with Crippen LogP contribution < -0.4 is 5.73 Å². The van der Waals surface area contributed by atoms with Crippen LogP contribution >= 0.6 is 0 Å². The summed E-state index contributed by atoms with van der Waals surface area (Å²) in [7, 11) is 0. The van der Waals surface area contributed by atoms with Gasteiger partial charge >= 0.3 is 5.97 Å². The smallest absolute Gasteiger partial charge is 0.356 e. The molecule has 5 nitrogen and oxygen atoms in total. The van der Waals surface area contributed by atoms with Crippen molar-refractivity contribution < 1.29 is 14.6 Å². The van der Waals surface area contributed by atoms with Gasteiger partial charge in [-0.3, -0.25) is 0 Å². The normalized spacial score (nSPS) is 12.1. The number of hydrogen-bond acceptors (Lipinski definition) is 5. The molecule has 1 unspecified atom stereocenters. The molecule has 15 heavy (non-hydrogen) atoms. The lowest BCUT2D eigenvalue weighted by Crippen LogP contribution is -2.15. The first-order valence-corrected chi connectivity index (χ1v) is 4.63. The van der Waals surface area contributed by atoms with E-state index in [9.17, 15) is 4.79 Å². The summed E-state index contributed by atoms with van der Waals surface area (Å²) in [6.07, 6.45) is 1.39. The molecule has 0 aliphatic carbocycles. The molecule has 1 aromatic rings. The predicted molar refractivity (Wildman–Crippen MR) is 55.2 cm³/mol. The van der Waals surface area contributed by atoms with Gasteiger partial charge in [-0.15, -0.1) is 0 Å². The highest BCUT2D eigenvalue weighted by Gasteiger charge is 2.10. The lowest BCUT2D eigenvalue weighted by Gasteiger charge is -2.08. The van der Waals surface area contributed by atoms with Crippen LogP contribution in [-0.2, 0) is 4.74 Å². The van der Waals surface area contributed by atoms with Crippen LogP contribution in [0.5, 0.6) is 0 Å². The molecular weight excluding hydrogens is 196 g/mol. The van der Waals surface area contributed by atoms with E-state index in [4.69, 9.17) is 15.6 Å². The Morgan fingerprint density at radius 1 is 1.67 bits per heavy atom. The molecule has 1 atom stereocenters. The average Bonchev–Trinajstić information content (AvgIpc) is 2.26. The minimum Gasteiger partial charge on any atom is -0.461 e. The second kappa shape index (κ2) is 5.31. The first-order chi connectivity index (χ1) is 7.13. The number of rotatable bonds is 4. The number of pyridine rings is 1. The number of esters is 1. The number of hydrogen-bond donors (Lipinski definition) is 2. The third-order valence-corrected chi connectivity index (χ3v) is 1.81. The molecule has 3 N–H and O–H groups in total. The Morgan fingerprint density at radius 2 is 2.40 bits per heavy atom. The van der Waals surface area contributed by atoms with Crippen molar-refractivity contribution in [1.29, 1.82) is 0 Å². The Kier molecular flexibility index (Phi) is 4.05. The Hall–Kier alpha value is -1.62. The fraction of sp³-hybridized carbons (Fsp3) is 0.400. The standard InChI is InChI=1S/C10H14N2O3/c1-7(5-13)6-15-10(14)9-3-2-8(11)4-12-9/h2-4,7,13H,5-6,11H2,1H3. The topological polar surface area (TPSA) is 85.4 Å².